The number of carbonyl (C=O) groups excluding carboxylic acids is 1. The van der Waals surface area contributed by atoms with E-state index < -0.39 is 16.1 Å². The lowest BCUT2D eigenvalue weighted by Crippen LogP contribution is -2.45. The highest BCUT2D eigenvalue weighted by Crippen LogP contribution is 2.32. The lowest BCUT2D eigenvalue weighted by molar-refractivity contribution is -0.124. The van der Waals surface area contributed by atoms with Gasteiger partial charge in [-0.1, -0.05) is 35.9 Å². The van der Waals surface area contributed by atoms with Crippen molar-refractivity contribution in [2.45, 2.75) is 36.2 Å². The summed E-state index contributed by atoms with van der Waals surface area (Å²) in [7, 11) is -3.73. The fraction of sp³-hybridized carbons (Fsp3) is 0.353. The number of rotatable bonds is 6. The number of carbonyl (C=O) groups is 1. The van der Waals surface area contributed by atoms with E-state index in [1.807, 2.05) is 6.07 Å². The van der Waals surface area contributed by atoms with Crippen molar-refractivity contribution in [1.29, 1.82) is 0 Å². The Balaban J connectivity index is 1.70. The molecule has 0 saturated carbocycles. The summed E-state index contributed by atoms with van der Waals surface area (Å²) in [6, 6.07) is 9.53. The number of hydrogen-bond donors (Lipinski definition) is 2. The number of benzene rings is 1. The van der Waals surface area contributed by atoms with Crippen LogP contribution in [0.25, 0.3) is 0 Å². The third-order valence-electron chi connectivity index (χ3n) is 4.26. The van der Waals surface area contributed by atoms with Crippen LogP contribution in [-0.4, -0.2) is 36.3 Å². The van der Waals surface area contributed by atoms with Gasteiger partial charge in [-0.3, -0.25) is 4.79 Å². The molecule has 9 heteroatoms. The van der Waals surface area contributed by atoms with E-state index in [4.69, 9.17) is 11.6 Å². The van der Waals surface area contributed by atoms with E-state index in [9.17, 15) is 18.3 Å². The molecular formula is C17H19ClN2O4S2. The molecule has 2 N–H and O–H groups in total. The summed E-state index contributed by atoms with van der Waals surface area (Å²) in [5.41, 5.74) is 1.61. The Morgan fingerprint density at radius 3 is 2.77 bits per heavy atom. The Kier molecular flexibility index (Phi) is 5.99. The highest BCUT2D eigenvalue weighted by atomic mass is 35.5. The van der Waals surface area contributed by atoms with Gasteiger partial charge in [-0.15, -0.1) is 11.3 Å². The Morgan fingerprint density at radius 1 is 1.31 bits per heavy atom. The largest absolute Gasteiger partial charge is 0.392 e. The molecular weight excluding hydrogens is 396 g/mol. The maximum atomic E-state index is 12.8. The standard InChI is InChI=1S/C17H19ClN2O4S2/c18-15-6-7-16(25-15)26(23,24)20-8-2-5-14(20)17(22)19-10-12-3-1-4-13(9-12)11-21/h1,3-4,6-7,9,14,21H,2,5,8,10-11H2,(H,19,22)/t14-/m0/s1. The Bertz CT molecular complexity index is 898. The number of thiophene rings is 1. The average molecular weight is 415 g/mol. The highest BCUT2D eigenvalue weighted by Gasteiger charge is 2.39. The van der Waals surface area contributed by atoms with Crippen LogP contribution in [0.3, 0.4) is 0 Å². The molecule has 3 rings (SSSR count). The van der Waals surface area contributed by atoms with Crippen molar-refractivity contribution in [1.82, 2.24) is 9.62 Å². The fourth-order valence-electron chi connectivity index (χ4n) is 2.99. The van der Waals surface area contributed by atoms with E-state index in [0.717, 1.165) is 22.5 Å². The monoisotopic (exact) mass is 414 g/mol. The van der Waals surface area contributed by atoms with Gasteiger partial charge >= 0.3 is 0 Å². The first kappa shape index (κ1) is 19.3. The van der Waals surface area contributed by atoms with Gasteiger partial charge in [0.25, 0.3) is 10.0 Å². The van der Waals surface area contributed by atoms with Crippen LogP contribution < -0.4 is 5.32 Å². The molecule has 140 valence electrons. The normalized spacial score (nSPS) is 18.2. The molecule has 1 aliphatic heterocycles. The van der Waals surface area contributed by atoms with Gasteiger partial charge < -0.3 is 10.4 Å². The molecule has 2 heterocycles. The zero-order valence-electron chi connectivity index (χ0n) is 13.9. The number of aliphatic hydroxyl groups is 1. The molecule has 0 spiro atoms. The molecule has 0 aliphatic carbocycles. The minimum absolute atomic E-state index is 0.0696. The van der Waals surface area contributed by atoms with E-state index in [1.165, 1.54) is 10.4 Å². The highest BCUT2D eigenvalue weighted by molar-refractivity contribution is 7.91. The summed E-state index contributed by atoms with van der Waals surface area (Å²) in [5.74, 6) is -0.317. The lowest BCUT2D eigenvalue weighted by atomic mass is 10.1. The molecule has 1 aromatic carbocycles. The number of hydrogen-bond acceptors (Lipinski definition) is 5. The van der Waals surface area contributed by atoms with Crippen LogP contribution in [0.1, 0.15) is 24.0 Å². The van der Waals surface area contributed by atoms with Gasteiger partial charge in [-0.25, -0.2) is 8.42 Å². The minimum atomic E-state index is -3.73. The van der Waals surface area contributed by atoms with Crippen molar-refractivity contribution in [2.24, 2.45) is 0 Å². The molecule has 1 fully saturated rings. The fourth-order valence-corrected chi connectivity index (χ4v) is 6.26. The molecule has 1 saturated heterocycles. The van der Waals surface area contributed by atoms with Crippen LogP contribution in [0.15, 0.2) is 40.6 Å². The number of sulfonamides is 1. The van der Waals surface area contributed by atoms with Crippen LogP contribution in [0, 0.1) is 0 Å². The molecule has 1 aliphatic rings. The molecule has 26 heavy (non-hydrogen) atoms. The molecule has 2 aromatic rings. The molecule has 1 amide bonds. The van der Waals surface area contributed by atoms with Crippen LogP contribution in [0.4, 0.5) is 0 Å². The molecule has 0 bridgehead atoms. The Labute approximate surface area is 161 Å². The predicted octanol–water partition coefficient (Wildman–Crippen LogP) is 2.36. The van der Waals surface area contributed by atoms with Crippen molar-refractivity contribution >= 4 is 38.9 Å². The second-order valence-corrected chi connectivity index (χ2v) is 9.86. The first-order valence-corrected chi connectivity index (χ1v) is 10.8. The van der Waals surface area contributed by atoms with Crippen molar-refractivity contribution in [3.8, 4) is 0 Å². The van der Waals surface area contributed by atoms with Crippen molar-refractivity contribution in [2.75, 3.05) is 6.54 Å². The third-order valence-corrected chi connectivity index (χ3v) is 7.87. The first-order chi connectivity index (χ1) is 12.4. The van der Waals surface area contributed by atoms with E-state index in [2.05, 4.69) is 5.32 Å². The number of halogens is 1. The van der Waals surface area contributed by atoms with Crippen molar-refractivity contribution in [3.05, 3.63) is 51.9 Å². The van der Waals surface area contributed by atoms with E-state index in [1.54, 1.807) is 24.3 Å². The van der Waals surface area contributed by atoms with Gasteiger partial charge in [0.05, 0.1) is 10.9 Å². The number of amides is 1. The number of nitrogens with one attached hydrogen (secondary N) is 1. The van der Waals surface area contributed by atoms with Gasteiger partial charge in [0.15, 0.2) is 0 Å². The van der Waals surface area contributed by atoms with E-state index in [0.29, 0.717) is 23.7 Å². The quantitative estimate of drug-likeness (QED) is 0.759. The van der Waals surface area contributed by atoms with E-state index in [-0.39, 0.29) is 23.3 Å². The molecule has 0 unspecified atom stereocenters. The summed E-state index contributed by atoms with van der Waals surface area (Å²) in [5, 5.41) is 12.0. The van der Waals surface area contributed by atoms with Crippen LogP contribution >= 0.6 is 22.9 Å². The van der Waals surface area contributed by atoms with Gasteiger partial charge in [-0.2, -0.15) is 4.31 Å². The lowest BCUT2D eigenvalue weighted by Gasteiger charge is -2.22. The van der Waals surface area contributed by atoms with Crippen molar-refractivity contribution in [3.63, 3.8) is 0 Å². The van der Waals surface area contributed by atoms with Gasteiger partial charge in [0, 0.05) is 13.1 Å². The zero-order valence-corrected chi connectivity index (χ0v) is 16.3. The topological polar surface area (TPSA) is 86.7 Å². The molecule has 1 atom stereocenters. The second kappa shape index (κ2) is 8.06. The van der Waals surface area contributed by atoms with Gasteiger partial charge in [0.1, 0.15) is 10.3 Å². The predicted molar refractivity (Wildman–Crippen MR) is 100 cm³/mol. The Hall–Kier alpha value is -1.45. The molecule has 1 aromatic heterocycles. The van der Waals surface area contributed by atoms with E-state index >= 15 is 0 Å². The average Bonchev–Trinajstić information content (AvgIpc) is 3.29. The van der Waals surface area contributed by atoms with Crippen LogP contribution in [0.2, 0.25) is 4.34 Å². The van der Waals surface area contributed by atoms with Crippen molar-refractivity contribution < 1.29 is 18.3 Å². The summed E-state index contributed by atoms with van der Waals surface area (Å²) >= 11 is 6.84. The van der Waals surface area contributed by atoms with Crippen LogP contribution in [0.5, 0.6) is 0 Å². The number of aliphatic hydroxyl groups excluding tert-OH is 1. The number of nitrogens with zero attached hydrogens (tertiary/aromatic N) is 1. The maximum absolute atomic E-state index is 12.8. The summed E-state index contributed by atoms with van der Waals surface area (Å²) in [6.45, 7) is 0.525. The third kappa shape index (κ3) is 4.10. The summed E-state index contributed by atoms with van der Waals surface area (Å²) < 4.78 is 27.4. The Morgan fingerprint density at radius 2 is 2.08 bits per heavy atom. The minimum Gasteiger partial charge on any atom is -0.392 e. The summed E-state index contributed by atoms with van der Waals surface area (Å²) in [6.07, 6.45) is 1.12. The first-order valence-electron chi connectivity index (χ1n) is 8.15. The SMILES string of the molecule is O=C(NCc1cccc(CO)c1)[C@@H]1CCCN1S(=O)(=O)c1ccc(Cl)s1. The summed E-state index contributed by atoms with van der Waals surface area (Å²) in [4.78, 5) is 12.6. The molecule has 6 nitrogen and oxygen atoms in total. The molecule has 0 radical (unpaired) electrons. The maximum Gasteiger partial charge on any atom is 0.253 e. The van der Waals surface area contributed by atoms with Crippen LogP contribution in [-0.2, 0) is 28.0 Å². The smallest absolute Gasteiger partial charge is 0.253 e. The second-order valence-electron chi connectivity index (χ2n) is 6.03. The van der Waals surface area contributed by atoms with Gasteiger partial charge in [0.2, 0.25) is 5.91 Å². The van der Waals surface area contributed by atoms with Gasteiger partial charge in [-0.05, 0) is 36.1 Å². The zero-order chi connectivity index (χ0) is 18.7.